The SMILES string of the molecule is c1ccc2c(-c3ccc(N(c4ccc5oc6ccccc6c5c4)c4cc5ccccc5c5ccccc45)cc3)cccc2c1. The molecule has 8 aromatic carbocycles. The molecule has 0 spiro atoms. The summed E-state index contributed by atoms with van der Waals surface area (Å²) in [4.78, 5) is 2.39. The maximum absolute atomic E-state index is 6.21. The third-order valence-electron chi connectivity index (χ3n) is 8.83. The Hall–Kier alpha value is -5.86. The second-order valence-corrected chi connectivity index (χ2v) is 11.4. The van der Waals surface area contributed by atoms with Gasteiger partial charge in [0.05, 0.1) is 5.69 Å². The van der Waals surface area contributed by atoms with Crippen LogP contribution in [0.1, 0.15) is 0 Å². The molecule has 206 valence electrons. The van der Waals surface area contributed by atoms with Crippen molar-refractivity contribution in [2.45, 2.75) is 0 Å². The van der Waals surface area contributed by atoms with Crippen LogP contribution in [0, 0.1) is 0 Å². The van der Waals surface area contributed by atoms with Crippen LogP contribution in [0.3, 0.4) is 0 Å². The molecule has 1 aromatic heterocycles. The lowest BCUT2D eigenvalue weighted by molar-refractivity contribution is 0.669. The average Bonchev–Trinajstić information content (AvgIpc) is 3.47. The number of furan rings is 1. The molecule has 0 atom stereocenters. The summed E-state index contributed by atoms with van der Waals surface area (Å²) < 4.78 is 6.21. The number of para-hydroxylation sites is 1. The van der Waals surface area contributed by atoms with Gasteiger partial charge in [-0.2, -0.15) is 0 Å². The Morgan fingerprint density at radius 2 is 0.977 bits per heavy atom. The normalized spacial score (nSPS) is 11.6. The number of hydrogen-bond donors (Lipinski definition) is 0. The van der Waals surface area contributed by atoms with Crippen molar-refractivity contribution in [3.05, 3.63) is 164 Å². The molecule has 2 heteroatoms. The Balaban J connectivity index is 1.29. The smallest absolute Gasteiger partial charge is 0.135 e. The van der Waals surface area contributed by atoms with Crippen LogP contribution in [0.25, 0.3) is 65.4 Å². The van der Waals surface area contributed by atoms with E-state index in [0.717, 1.165) is 39.0 Å². The third kappa shape index (κ3) is 3.89. The summed E-state index contributed by atoms with van der Waals surface area (Å²) in [6.07, 6.45) is 0. The zero-order valence-electron chi connectivity index (χ0n) is 23.9. The maximum atomic E-state index is 6.21. The van der Waals surface area contributed by atoms with E-state index in [2.05, 4.69) is 157 Å². The summed E-state index contributed by atoms with van der Waals surface area (Å²) in [6.45, 7) is 0. The zero-order valence-corrected chi connectivity index (χ0v) is 23.9. The lowest BCUT2D eigenvalue weighted by Crippen LogP contribution is -2.10. The molecule has 9 rings (SSSR count). The van der Waals surface area contributed by atoms with Crippen molar-refractivity contribution in [2.75, 3.05) is 4.90 Å². The summed E-state index contributed by atoms with van der Waals surface area (Å²) >= 11 is 0. The predicted molar refractivity (Wildman–Crippen MR) is 186 cm³/mol. The van der Waals surface area contributed by atoms with Gasteiger partial charge in [-0.05, 0) is 80.5 Å². The maximum Gasteiger partial charge on any atom is 0.135 e. The van der Waals surface area contributed by atoms with Crippen LogP contribution in [0.2, 0.25) is 0 Å². The lowest BCUT2D eigenvalue weighted by atomic mass is 9.97. The quantitative estimate of drug-likeness (QED) is 0.199. The molecular weight excluding hydrogens is 534 g/mol. The number of benzene rings is 8. The van der Waals surface area contributed by atoms with Crippen LogP contribution >= 0.6 is 0 Å². The molecule has 44 heavy (non-hydrogen) atoms. The van der Waals surface area contributed by atoms with Crippen molar-refractivity contribution in [2.24, 2.45) is 0 Å². The van der Waals surface area contributed by atoms with E-state index in [1.54, 1.807) is 0 Å². The fraction of sp³-hybridized carbons (Fsp3) is 0. The zero-order chi connectivity index (χ0) is 29.0. The van der Waals surface area contributed by atoms with E-state index in [-0.39, 0.29) is 0 Å². The molecule has 0 saturated carbocycles. The molecule has 0 bridgehead atoms. The molecule has 0 saturated heterocycles. The number of hydrogen-bond acceptors (Lipinski definition) is 2. The fourth-order valence-corrected chi connectivity index (χ4v) is 6.77. The van der Waals surface area contributed by atoms with Gasteiger partial charge >= 0.3 is 0 Å². The second-order valence-electron chi connectivity index (χ2n) is 11.4. The van der Waals surface area contributed by atoms with Gasteiger partial charge in [0.25, 0.3) is 0 Å². The van der Waals surface area contributed by atoms with Crippen molar-refractivity contribution in [3.8, 4) is 11.1 Å². The Labute approximate surface area is 255 Å². The monoisotopic (exact) mass is 561 g/mol. The third-order valence-corrected chi connectivity index (χ3v) is 8.83. The Kier molecular flexibility index (Phi) is 5.54. The van der Waals surface area contributed by atoms with E-state index in [9.17, 15) is 0 Å². The largest absolute Gasteiger partial charge is 0.456 e. The number of anilines is 3. The predicted octanol–water partition coefficient (Wildman–Crippen LogP) is 12.2. The summed E-state index contributed by atoms with van der Waals surface area (Å²) in [5, 5.41) is 9.67. The van der Waals surface area contributed by atoms with Gasteiger partial charge in [-0.1, -0.05) is 121 Å². The molecule has 0 N–H and O–H groups in total. The van der Waals surface area contributed by atoms with Gasteiger partial charge in [0.1, 0.15) is 11.2 Å². The van der Waals surface area contributed by atoms with E-state index >= 15 is 0 Å². The van der Waals surface area contributed by atoms with Crippen molar-refractivity contribution in [3.63, 3.8) is 0 Å². The number of rotatable bonds is 4. The highest BCUT2D eigenvalue weighted by Crippen LogP contribution is 2.44. The molecule has 1 heterocycles. The summed E-state index contributed by atoms with van der Waals surface area (Å²) in [6, 6.07) is 58.7. The summed E-state index contributed by atoms with van der Waals surface area (Å²) in [5.41, 5.74) is 7.56. The van der Waals surface area contributed by atoms with Crippen LogP contribution in [0.5, 0.6) is 0 Å². The number of fused-ring (bicyclic) bond motifs is 7. The van der Waals surface area contributed by atoms with Gasteiger partial charge in [-0.3, -0.25) is 0 Å². The molecule has 0 aliphatic rings. The van der Waals surface area contributed by atoms with E-state index in [0.29, 0.717) is 0 Å². The molecule has 0 radical (unpaired) electrons. The molecule has 9 aromatic rings. The van der Waals surface area contributed by atoms with Gasteiger partial charge in [-0.15, -0.1) is 0 Å². The first-order valence-corrected chi connectivity index (χ1v) is 15.0. The Morgan fingerprint density at radius 1 is 0.364 bits per heavy atom. The highest BCUT2D eigenvalue weighted by molar-refractivity contribution is 6.15. The molecular formula is C42H27NO. The first-order chi connectivity index (χ1) is 21.8. The van der Waals surface area contributed by atoms with Crippen LogP contribution in [0.4, 0.5) is 17.1 Å². The molecule has 0 unspecified atom stereocenters. The van der Waals surface area contributed by atoms with Gasteiger partial charge in [-0.25, -0.2) is 0 Å². The van der Waals surface area contributed by atoms with E-state index in [4.69, 9.17) is 4.42 Å². The summed E-state index contributed by atoms with van der Waals surface area (Å²) in [5.74, 6) is 0. The van der Waals surface area contributed by atoms with Gasteiger partial charge < -0.3 is 9.32 Å². The summed E-state index contributed by atoms with van der Waals surface area (Å²) in [7, 11) is 0. The molecule has 0 aliphatic carbocycles. The van der Waals surface area contributed by atoms with Crippen LogP contribution in [0.15, 0.2) is 168 Å². The minimum absolute atomic E-state index is 0.893. The topological polar surface area (TPSA) is 16.4 Å². The standard InChI is InChI=1S/C42H27NO/c1-3-13-33-28(10-1)12-9-18-34(33)29-20-22-31(23-21-29)43(32-24-25-42-39(27-32)38-17-7-8-19-41(38)44-42)40-26-30-11-2-4-14-35(30)36-15-5-6-16-37(36)40/h1-27H. The van der Waals surface area contributed by atoms with Crippen molar-refractivity contribution >= 4 is 71.3 Å². The Bertz CT molecular complexity index is 2500. The fourth-order valence-electron chi connectivity index (χ4n) is 6.77. The van der Waals surface area contributed by atoms with Crippen molar-refractivity contribution < 1.29 is 4.42 Å². The van der Waals surface area contributed by atoms with Gasteiger partial charge in [0.15, 0.2) is 0 Å². The second kappa shape index (κ2) is 9.86. The molecule has 0 fully saturated rings. The minimum atomic E-state index is 0.893. The van der Waals surface area contributed by atoms with Crippen molar-refractivity contribution in [1.82, 2.24) is 0 Å². The minimum Gasteiger partial charge on any atom is -0.456 e. The molecule has 0 aliphatic heterocycles. The average molecular weight is 562 g/mol. The molecule has 2 nitrogen and oxygen atoms in total. The van der Waals surface area contributed by atoms with E-state index < -0.39 is 0 Å². The lowest BCUT2D eigenvalue weighted by Gasteiger charge is -2.28. The van der Waals surface area contributed by atoms with E-state index in [1.807, 2.05) is 12.1 Å². The number of nitrogens with zero attached hydrogens (tertiary/aromatic N) is 1. The van der Waals surface area contributed by atoms with Crippen LogP contribution in [-0.4, -0.2) is 0 Å². The highest BCUT2D eigenvalue weighted by atomic mass is 16.3. The van der Waals surface area contributed by atoms with Crippen molar-refractivity contribution in [1.29, 1.82) is 0 Å². The molecule has 0 amide bonds. The highest BCUT2D eigenvalue weighted by Gasteiger charge is 2.19. The first-order valence-electron chi connectivity index (χ1n) is 15.0. The van der Waals surface area contributed by atoms with Crippen LogP contribution in [-0.2, 0) is 0 Å². The van der Waals surface area contributed by atoms with Gasteiger partial charge in [0, 0.05) is 27.5 Å². The van der Waals surface area contributed by atoms with Crippen LogP contribution < -0.4 is 4.90 Å². The first kappa shape index (κ1) is 24.7. The van der Waals surface area contributed by atoms with E-state index in [1.165, 1.54) is 43.4 Å². The van der Waals surface area contributed by atoms with Gasteiger partial charge in [0.2, 0.25) is 0 Å². The Morgan fingerprint density at radius 3 is 1.82 bits per heavy atom.